The predicted molar refractivity (Wildman–Crippen MR) is 130 cm³/mol. The average molecular weight is 445 g/mol. The zero-order valence-electron chi connectivity index (χ0n) is 17.2. The van der Waals surface area contributed by atoms with Crippen molar-refractivity contribution in [1.82, 2.24) is 9.78 Å². The Morgan fingerprint density at radius 2 is 1.58 bits per heavy atom. The molecule has 3 nitrogen and oxygen atoms in total. The first-order valence-corrected chi connectivity index (χ1v) is 11.3. The van der Waals surface area contributed by atoms with E-state index in [1.807, 2.05) is 35.0 Å². The van der Waals surface area contributed by atoms with Crippen LogP contribution < -0.4 is 0 Å². The van der Waals surface area contributed by atoms with Crippen LogP contribution in [0.15, 0.2) is 84.9 Å². The van der Waals surface area contributed by atoms with Crippen molar-refractivity contribution in [2.24, 2.45) is 0 Å². The van der Waals surface area contributed by atoms with Crippen molar-refractivity contribution < 1.29 is 5.11 Å². The monoisotopic (exact) mass is 444 g/mol. The normalized spacial score (nSPS) is 11.9. The van der Waals surface area contributed by atoms with Crippen LogP contribution in [-0.2, 0) is 5.60 Å². The molecule has 0 atom stereocenters. The van der Waals surface area contributed by atoms with Crippen molar-refractivity contribution in [2.75, 3.05) is 0 Å². The number of para-hydroxylation sites is 1. The molecule has 2 heterocycles. The number of aromatic nitrogens is 2. The summed E-state index contributed by atoms with van der Waals surface area (Å²) in [5, 5.41) is 18.4. The van der Waals surface area contributed by atoms with Gasteiger partial charge in [0.15, 0.2) is 0 Å². The zero-order chi connectivity index (χ0) is 21.6. The molecule has 0 bridgehead atoms. The summed E-state index contributed by atoms with van der Waals surface area (Å²) < 4.78 is 1.83. The molecule has 2 aromatic heterocycles. The highest BCUT2D eigenvalue weighted by Crippen LogP contribution is 2.39. The van der Waals surface area contributed by atoms with Crippen LogP contribution >= 0.6 is 22.9 Å². The summed E-state index contributed by atoms with van der Waals surface area (Å²) in [4.78, 5) is 2.24. The third-order valence-corrected chi connectivity index (χ3v) is 6.79. The number of thiophene rings is 1. The third kappa shape index (κ3) is 3.68. The van der Waals surface area contributed by atoms with Crippen molar-refractivity contribution in [2.45, 2.75) is 19.4 Å². The summed E-state index contributed by atoms with van der Waals surface area (Å²) in [6.07, 6.45) is 0. The number of rotatable bonds is 4. The van der Waals surface area contributed by atoms with Crippen LogP contribution in [0.25, 0.3) is 37.5 Å². The molecule has 3 aromatic carbocycles. The van der Waals surface area contributed by atoms with Gasteiger partial charge in [-0.25, -0.2) is 4.68 Å². The molecule has 154 valence electrons. The number of benzene rings is 3. The number of fused-ring (bicyclic) bond motifs is 1. The highest BCUT2D eigenvalue weighted by molar-refractivity contribution is 7.18. The van der Waals surface area contributed by atoms with E-state index in [0.29, 0.717) is 10.7 Å². The van der Waals surface area contributed by atoms with Crippen molar-refractivity contribution in [3.63, 3.8) is 0 Å². The van der Waals surface area contributed by atoms with E-state index in [1.165, 1.54) is 21.2 Å². The van der Waals surface area contributed by atoms with E-state index in [4.69, 9.17) is 16.7 Å². The lowest BCUT2D eigenvalue weighted by Gasteiger charge is -2.13. The van der Waals surface area contributed by atoms with Gasteiger partial charge in [0.05, 0.1) is 27.0 Å². The summed E-state index contributed by atoms with van der Waals surface area (Å²) in [6, 6.07) is 28.6. The maximum absolute atomic E-state index is 10.6. The van der Waals surface area contributed by atoms with E-state index < -0.39 is 5.60 Å². The van der Waals surface area contributed by atoms with Gasteiger partial charge in [0.25, 0.3) is 0 Å². The molecule has 0 radical (unpaired) electrons. The van der Waals surface area contributed by atoms with Crippen LogP contribution in [-0.4, -0.2) is 14.9 Å². The minimum atomic E-state index is -1.06. The van der Waals surface area contributed by atoms with Crippen LogP contribution in [0.2, 0.25) is 5.02 Å². The molecule has 0 fully saturated rings. The summed E-state index contributed by atoms with van der Waals surface area (Å²) in [6.45, 7) is 3.48. The topological polar surface area (TPSA) is 38.0 Å². The van der Waals surface area contributed by atoms with Crippen molar-refractivity contribution >= 4 is 33.7 Å². The first kappa shape index (κ1) is 20.0. The Balaban J connectivity index is 1.67. The fourth-order valence-electron chi connectivity index (χ4n) is 3.72. The molecule has 1 N–H and O–H groups in total. The molecule has 0 saturated carbocycles. The van der Waals surface area contributed by atoms with E-state index in [-0.39, 0.29) is 0 Å². The number of hydrogen-bond acceptors (Lipinski definition) is 3. The van der Waals surface area contributed by atoms with Crippen molar-refractivity contribution in [3.05, 3.63) is 95.6 Å². The van der Waals surface area contributed by atoms with Gasteiger partial charge in [-0.05, 0) is 60.5 Å². The highest BCUT2D eigenvalue weighted by Gasteiger charge is 2.24. The van der Waals surface area contributed by atoms with E-state index >= 15 is 0 Å². The lowest BCUT2D eigenvalue weighted by molar-refractivity contribution is 0.0734. The van der Waals surface area contributed by atoms with Gasteiger partial charge in [-0.3, -0.25) is 0 Å². The molecule has 0 unspecified atom stereocenters. The lowest BCUT2D eigenvalue weighted by atomic mass is 10.0. The SMILES string of the molecule is CC(C)(O)c1cc(-c2ccc(-c3cccc4ccccc34)s2)n(-c2ccccc2Cl)n1. The smallest absolute Gasteiger partial charge is 0.103 e. The molecular weight excluding hydrogens is 424 g/mol. The minimum absolute atomic E-state index is 0.600. The van der Waals surface area contributed by atoms with Gasteiger partial charge >= 0.3 is 0 Å². The van der Waals surface area contributed by atoms with Crippen LogP contribution in [0, 0.1) is 0 Å². The van der Waals surface area contributed by atoms with E-state index in [2.05, 4.69) is 54.6 Å². The fourth-order valence-corrected chi connectivity index (χ4v) is 4.99. The fraction of sp³-hybridized carbons (Fsp3) is 0.115. The molecule has 0 aliphatic heterocycles. The van der Waals surface area contributed by atoms with Crippen LogP contribution in [0.5, 0.6) is 0 Å². The van der Waals surface area contributed by atoms with Gasteiger partial charge in [-0.15, -0.1) is 11.3 Å². The molecule has 5 rings (SSSR count). The second-order valence-corrected chi connectivity index (χ2v) is 9.52. The zero-order valence-corrected chi connectivity index (χ0v) is 18.8. The lowest BCUT2D eigenvalue weighted by Crippen LogP contribution is -2.16. The molecule has 0 saturated heterocycles. The minimum Gasteiger partial charge on any atom is -0.384 e. The number of aliphatic hydroxyl groups is 1. The average Bonchev–Trinajstić information content (AvgIpc) is 3.41. The second-order valence-electron chi connectivity index (χ2n) is 8.03. The molecule has 0 aliphatic carbocycles. The third-order valence-electron chi connectivity index (χ3n) is 5.33. The predicted octanol–water partition coefficient (Wildman–Crippen LogP) is 7.30. The molecule has 0 spiro atoms. The largest absolute Gasteiger partial charge is 0.384 e. The maximum Gasteiger partial charge on any atom is 0.103 e. The first-order valence-electron chi connectivity index (χ1n) is 10.1. The van der Waals surface area contributed by atoms with E-state index in [1.54, 1.807) is 25.2 Å². The Kier molecular flexibility index (Phi) is 4.94. The van der Waals surface area contributed by atoms with Gasteiger partial charge in [0.2, 0.25) is 0 Å². The van der Waals surface area contributed by atoms with Crippen LogP contribution in [0.1, 0.15) is 19.5 Å². The number of halogens is 1. The Hall–Kier alpha value is -2.92. The van der Waals surface area contributed by atoms with Gasteiger partial charge < -0.3 is 5.11 Å². The van der Waals surface area contributed by atoms with Crippen LogP contribution in [0.4, 0.5) is 0 Å². The standard InChI is InChI=1S/C26H21ClN2OS/c1-26(2,30)25-16-22(29(28-25)21-13-6-5-12-20(21)27)24-15-14-23(31-24)19-11-7-9-17-8-3-4-10-18(17)19/h3-16,30H,1-2H3. The molecule has 0 aliphatic rings. The first-order chi connectivity index (χ1) is 14.9. The molecular formula is C26H21ClN2OS. The summed E-state index contributed by atoms with van der Waals surface area (Å²) in [5.74, 6) is 0. The molecule has 5 heteroatoms. The van der Waals surface area contributed by atoms with Crippen molar-refractivity contribution in [1.29, 1.82) is 0 Å². The van der Waals surface area contributed by atoms with Gasteiger partial charge in [0.1, 0.15) is 5.60 Å². The van der Waals surface area contributed by atoms with Gasteiger partial charge in [-0.1, -0.05) is 66.2 Å². The maximum atomic E-state index is 10.6. The highest BCUT2D eigenvalue weighted by atomic mass is 35.5. The molecule has 31 heavy (non-hydrogen) atoms. The van der Waals surface area contributed by atoms with E-state index in [0.717, 1.165) is 16.3 Å². The molecule has 5 aromatic rings. The number of nitrogens with zero attached hydrogens (tertiary/aromatic N) is 2. The summed E-state index contributed by atoms with van der Waals surface area (Å²) >= 11 is 8.20. The van der Waals surface area contributed by atoms with Crippen molar-refractivity contribution in [3.8, 4) is 26.7 Å². The molecule has 0 amide bonds. The Morgan fingerprint density at radius 1 is 0.871 bits per heavy atom. The second kappa shape index (κ2) is 7.65. The summed E-state index contributed by atoms with van der Waals surface area (Å²) in [5.41, 5.74) is 2.44. The Labute approximate surface area is 190 Å². The summed E-state index contributed by atoms with van der Waals surface area (Å²) in [7, 11) is 0. The number of hydrogen-bond donors (Lipinski definition) is 1. The van der Waals surface area contributed by atoms with E-state index in [9.17, 15) is 5.11 Å². The Morgan fingerprint density at radius 3 is 2.39 bits per heavy atom. The van der Waals surface area contributed by atoms with Gasteiger partial charge in [-0.2, -0.15) is 5.10 Å². The van der Waals surface area contributed by atoms with Gasteiger partial charge in [0, 0.05) is 4.88 Å². The Bertz CT molecular complexity index is 1390. The van der Waals surface area contributed by atoms with Crippen LogP contribution in [0.3, 0.4) is 0 Å². The quantitative estimate of drug-likeness (QED) is 0.315.